The van der Waals surface area contributed by atoms with Crippen molar-refractivity contribution in [3.8, 4) is 5.69 Å². The summed E-state index contributed by atoms with van der Waals surface area (Å²) in [5.41, 5.74) is 2.09. The van der Waals surface area contributed by atoms with Crippen LogP contribution in [-0.4, -0.2) is 39.0 Å². The maximum Gasteiger partial charge on any atom is 0.143 e. The van der Waals surface area contributed by atoms with E-state index in [1.54, 1.807) is 11.0 Å². The SMILES string of the molecule is CCC1CC(Nc2ccc(-n3cnnn3)cc2)CCO1. The van der Waals surface area contributed by atoms with Gasteiger partial charge in [0.1, 0.15) is 6.33 Å². The van der Waals surface area contributed by atoms with Crippen molar-refractivity contribution in [2.45, 2.75) is 38.3 Å². The maximum atomic E-state index is 5.70. The number of aromatic nitrogens is 4. The Kier molecular flexibility index (Phi) is 3.92. The van der Waals surface area contributed by atoms with Crippen molar-refractivity contribution in [3.05, 3.63) is 30.6 Å². The Labute approximate surface area is 118 Å². The van der Waals surface area contributed by atoms with E-state index in [1.807, 2.05) is 12.1 Å². The van der Waals surface area contributed by atoms with Crippen LogP contribution in [0.2, 0.25) is 0 Å². The molecule has 0 aliphatic carbocycles. The largest absolute Gasteiger partial charge is 0.382 e. The Balaban J connectivity index is 1.63. The standard InChI is InChI=1S/C14H19N5O/c1-2-14-9-12(7-8-20-14)16-11-3-5-13(6-4-11)19-10-15-17-18-19/h3-6,10,12,14,16H,2,7-9H2,1H3. The van der Waals surface area contributed by atoms with Gasteiger partial charge in [-0.2, -0.15) is 0 Å². The molecule has 1 N–H and O–H groups in total. The molecule has 6 nitrogen and oxygen atoms in total. The summed E-state index contributed by atoms with van der Waals surface area (Å²) in [5.74, 6) is 0. The molecule has 6 heteroatoms. The zero-order valence-electron chi connectivity index (χ0n) is 11.6. The smallest absolute Gasteiger partial charge is 0.143 e. The number of nitrogens with zero attached hydrogens (tertiary/aromatic N) is 4. The summed E-state index contributed by atoms with van der Waals surface area (Å²) >= 11 is 0. The van der Waals surface area contributed by atoms with E-state index in [9.17, 15) is 0 Å². The molecule has 0 bridgehead atoms. The summed E-state index contributed by atoms with van der Waals surface area (Å²) in [6.07, 6.45) is 5.20. The van der Waals surface area contributed by atoms with Crippen LogP contribution < -0.4 is 5.32 Å². The van der Waals surface area contributed by atoms with Crippen LogP contribution in [0.25, 0.3) is 5.69 Å². The van der Waals surface area contributed by atoms with Gasteiger partial charge in [-0.05, 0) is 54.0 Å². The Bertz CT molecular complexity index is 525. The third kappa shape index (κ3) is 2.96. The molecule has 3 rings (SSSR count). The molecule has 1 fully saturated rings. The van der Waals surface area contributed by atoms with E-state index in [0.717, 1.165) is 37.2 Å². The molecule has 0 saturated carbocycles. The highest BCUT2D eigenvalue weighted by Gasteiger charge is 2.20. The minimum atomic E-state index is 0.391. The van der Waals surface area contributed by atoms with Gasteiger partial charge in [-0.15, -0.1) is 5.10 Å². The Morgan fingerprint density at radius 2 is 2.20 bits per heavy atom. The summed E-state index contributed by atoms with van der Waals surface area (Å²) in [4.78, 5) is 0. The van der Waals surface area contributed by atoms with Crippen LogP contribution in [0.1, 0.15) is 26.2 Å². The lowest BCUT2D eigenvalue weighted by molar-refractivity contribution is 0.00926. The number of rotatable bonds is 4. The van der Waals surface area contributed by atoms with Crippen molar-refractivity contribution < 1.29 is 4.74 Å². The molecule has 1 aliphatic heterocycles. The Morgan fingerprint density at radius 3 is 2.90 bits per heavy atom. The first-order chi connectivity index (χ1) is 9.85. The lowest BCUT2D eigenvalue weighted by Crippen LogP contribution is -2.33. The minimum Gasteiger partial charge on any atom is -0.382 e. The molecule has 0 amide bonds. The van der Waals surface area contributed by atoms with Gasteiger partial charge in [0.2, 0.25) is 0 Å². The highest BCUT2D eigenvalue weighted by molar-refractivity contribution is 5.49. The maximum absolute atomic E-state index is 5.70. The zero-order valence-corrected chi connectivity index (χ0v) is 11.6. The molecule has 0 radical (unpaired) electrons. The summed E-state index contributed by atoms with van der Waals surface area (Å²) in [5, 5.41) is 14.7. The molecule has 2 unspecified atom stereocenters. The topological polar surface area (TPSA) is 64.9 Å². The van der Waals surface area contributed by atoms with Crippen LogP contribution in [0.15, 0.2) is 30.6 Å². The molecule has 106 valence electrons. The number of tetrazole rings is 1. The van der Waals surface area contributed by atoms with Crippen LogP contribution in [0.5, 0.6) is 0 Å². The molecule has 20 heavy (non-hydrogen) atoms. The molecule has 2 atom stereocenters. The van der Waals surface area contributed by atoms with E-state index in [4.69, 9.17) is 4.74 Å². The van der Waals surface area contributed by atoms with E-state index in [0.29, 0.717) is 12.1 Å². The zero-order chi connectivity index (χ0) is 13.8. The summed E-state index contributed by atoms with van der Waals surface area (Å²) in [6, 6.07) is 8.64. The van der Waals surface area contributed by atoms with Crippen molar-refractivity contribution in [1.82, 2.24) is 20.2 Å². The van der Waals surface area contributed by atoms with Crippen LogP contribution in [0.3, 0.4) is 0 Å². The lowest BCUT2D eigenvalue weighted by Gasteiger charge is -2.30. The molecule has 1 aliphatic rings. The van der Waals surface area contributed by atoms with Crippen LogP contribution in [0, 0.1) is 0 Å². The van der Waals surface area contributed by atoms with Gasteiger partial charge in [-0.1, -0.05) is 6.92 Å². The highest BCUT2D eigenvalue weighted by atomic mass is 16.5. The quantitative estimate of drug-likeness (QED) is 0.923. The van der Waals surface area contributed by atoms with E-state index in [1.165, 1.54) is 0 Å². The predicted molar refractivity (Wildman–Crippen MR) is 75.8 cm³/mol. The lowest BCUT2D eigenvalue weighted by atomic mass is 10.0. The van der Waals surface area contributed by atoms with E-state index < -0.39 is 0 Å². The number of anilines is 1. The van der Waals surface area contributed by atoms with Gasteiger partial charge < -0.3 is 10.1 Å². The van der Waals surface area contributed by atoms with Crippen molar-refractivity contribution >= 4 is 5.69 Å². The van der Waals surface area contributed by atoms with Gasteiger partial charge >= 0.3 is 0 Å². The third-order valence-corrected chi connectivity index (χ3v) is 3.67. The van der Waals surface area contributed by atoms with E-state index in [-0.39, 0.29) is 0 Å². The summed E-state index contributed by atoms with van der Waals surface area (Å²) in [7, 11) is 0. The molecule has 0 spiro atoms. The van der Waals surface area contributed by atoms with Gasteiger partial charge in [0.05, 0.1) is 11.8 Å². The number of hydrogen-bond acceptors (Lipinski definition) is 5. The number of benzene rings is 1. The van der Waals surface area contributed by atoms with Gasteiger partial charge in [0.15, 0.2) is 0 Å². The first-order valence-corrected chi connectivity index (χ1v) is 7.06. The van der Waals surface area contributed by atoms with Crippen LogP contribution in [0.4, 0.5) is 5.69 Å². The molecule has 2 aromatic rings. The Morgan fingerprint density at radius 1 is 1.35 bits per heavy atom. The normalized spacial score (nSPS) is 22.6. The average Bonchev–Trinajstić information content (AvgIpc) is 3.02. The molecule has 1 aromatic heterocycles. The molecular weight excluding hydrogens is 254 g/mol. The second-order valence-electron chi connectivity index (χ2n) is 5.07. The van der Waals surface area contributed by atoms with Gasteiger partial charge in [0, 0.05) is 18.3 Å². The first-order valence-electron chi connectivity index (χ1n) is 7.06. The third-order valence-electron chi connectivity index (χ3n) is 3.67. The summed E-state index contributed by atoms with van der Waals surface area (Å²) in [6.45, 7) is 3.02. The second kappa shape index (κ2) is 6.00. The second-order valence-corrected chi connectivity index (χ2v) is 5.07. The molecule has 1 saturated heterocycles. The fourth-order valence-electron chi connectivity index (χ4n) is 2.52. The van der Waals surface area contributed by atoms with Crippen molar-refractivity contribution in [1.29, 1.82) is 0 Å². The van der Waals surface area contributed by atoms with E-state index in [2.05, 4.69) is 39.9 Å². The Hall–Kier alpha value is -1.95. The van der Waals surface area contributed by atoms with E-state index >= 15 is 0 Å². The molecule has 1 aromatic carbocycles. The number of hydrogen-bond donors (Lipinski definition) is 1. The fraction of sp³-hybridized carbons (Fsp3) is 0.500. The van der Waals surface area contributed by atoms with Gasteiger partial charge in [-0.25, -0.2) is 4.68 Å². The number of ether oxygens (including phenoxy) is 1. The summed E-state index contributed by atoms with van der Waals surface area (Å²) < 4.78 is 7.34. The monoisotopic (exact) mass is 273 g/mol. The average molecular weight is 273 g/mol. The van der Waals surface area contributed by atoms with Gasteiger partial charge in [-0.3, -0.25) is 0 Å². The van der Waals surface area contributed by atoms with Crippen LogP contribution in [-0.2, 0) is 4.74 Å². The van der Waals surface area contributed by atoms with Gasteiger partial charge in [0.25, 0.3) is 0 Å². The van der Waals surface area contributed by atoms with Crippen molar-refractivity contribution in [2.75, 3.05) is 11.9 Å². The molecule has 2 heterocycles. The first kappa shape index (κ1) is 13.1. The number of nitrogens with one attached hydrogen (secondary N) is 1. The van der Waals surface area contributed by atoms with Crippen molar-refractivity contribution in [3.63, 3.8) is 0 Å². The predicted octanol–water partition coefficient (Wildman–Crippen LogP) is 2.03. The fourth-order valence-corrected chi connectivity index (χ4v) is 2.52. The minimum absolute atomic E-state index is 0.391. The van der Waals surface area contributed by atoms with Crippen LogP contribution >= 0.6 is 0 Å². The highest BCUT2D eigenvalue weighted by Crippen LogP contribution is 2.21. The van der Waals surface area contributed by atoms with Crippen molar-refractivity contribution in [2.24, 2.45) is 0 Å². The molecular formula is C14H19N5O.